The van der Waals surface area contributed by atoms with E-state index in [0.29, 0.717) is 42.8 Å². The van der Waals surface area contributed by atoms with Gasteiger partial charge in [-0.1, -0.05) is 0 Å². The second-order valence-electron chi connectivity index (χ2n) is 7.70. The zero-order chi connectivity index (χ0) is 21.4. The first-order valence-corrected chi connectivity index (χ1v) is 10.2. The zero-order valence-corrected chi connectivity index (χ0v) is 17.7. The van der Waals surface area contributed by atoms with Gasteiger partial charge in [0.25, 0.3) is 5.24 Å². The number of hydrogen-bond donors (Lipinski definition) is 2. The van der Waals surface area contributed by atoms with Crippen LogP contribution in [0.3, 0.4) is 0 Å². The normalized spacial score (nSPS) is 17.6. The van der Waals surface area contributed by atoms with Crippen molar-refractivity contribution >= 4 is 41.4 Å². The van der Waals surface area contributed by atoms with Crippen molar-refractivity contribution in [2.24, 2.45) is 11.7 Å². The van der Waals surface area contributed by atoms with Crippen molar-refractivity contribution < 1.29 is 19.1 Å². The first-order chi connectivity index (χ1) is 13.7. The second-order valence-corrected chi connectivity index (χ2v) is 8.78. The Morgan fingerprint density at radius 3 is 2.86 bits per heavy atom. The fraction of sp³-hybridized carbons (Fsp3) is 0.526. The average Bonchev–Trinajstić information content (AvgIpc) is 2.64. The number of alkyl carbamates (subject to hydrolysis) is 1. The largest absolute Gasteiger partial charge is 0.444 e. The molecule has 0 spiro atoms. The van der Waals surface area contributed by atoms with Crippen molar-refractivity contribution in [1.82, 2.24) is 15.3 Å². The van der Waals surface area contributed by atoms with Gasteiger partial charge in [-0.05, 0) is 63.4 Å². The SMILES string of the molecule is CC(C)(C)OC(=O)NCC1CCCN(c2nccc(C=C(C=O)SC(N)=O)n2)C1. The summed E-state index contributed by atoms with van der Waals surface area (Å²) in [5, 5.41) is 2.16. The van der Waals surface area contributed by atoms with E-state index in [2.05, 4.69) is 15.3 Å². The van der Waals surface area contributed by atoms with E-state index < -0.39 is 16.9 Å². The van der Waals surface area contributed by atoms with Gasteiger partial charge in [-0.15, -0.1) is 0 Å². The van der Waals surface area contributed by atoms with Crippen LogP contribution in [0.25, 0.3) is 6.08 Å². The van der Waals surface area contributed by atoms with E-state index in [1.54, 1.807) is 12.3 Å². The van der Waals surface area contributed by atoms with E-state index in [9.17, 15) is 14.4 Å². The van der Waals surface area contributed by atoms with Crippen molar-refractivity contribution in [3.8, 4) is 0 Å². The Kier molecular flexibility index (Phi) is 8.00. The lowest BCUT2D eigenvalue weighted by Gasteiger charge is -2.33. The third-order valence-electron chi connectivity index (χ3n) is 4.02. The van der Waals surface area contributed by atoms with Crippen LogP contribution in [0.4, 0.5) is 15.5 Å². The van der Waals surface area contributed by atoms with Crippen LogP contribution in [0, 0.1) is 5.92 Å². The molecular formula is C19H27N5O4S. The molecule has 10 heteroatoms. The molecule has 0 aromatic carbocycles. The Bertz CT molecular complexity index is 778. The van der Waals surface area contributed by atoms with Crippen LogP contribution in [0.5, 0.6) is 0 Å². The van der Waals surface area contributed by atoms with Gasteiger partial charge in [-0.25, -0.2) is 14.8 Å². The smallest absolute Gasteiger partial charge is 0.407 e. The van der Waals surface area contributed by atoms with E-state index in [-0.39, 0.29) is 10.8 Å². The molecule has 158 valence electrons. The summed E-state index contributed by atoms with van der Waals surface area (Å²) >= 11 is 0.655. The summed E-state index contributed by atoms with van der Waals surface area (Å²) in [5.74, 6) is 0.782. The lowest BCUT2D eigenvalue weighted by Crippen LogP contribution is -2.42. The molecule has 1 fully saturated rings. The van der Waals surface area contributed by atoms with Crippen LogP contribution in [0.1, 0.15) is 39.3 Å². The fourth-order valence-corrected chi connectivity index (χ4v) is 3.36. The number of carbonyl (C=O) groups excluding carboxylic acids is 3. The number of allylic oxidation sites excluding steroid dienone is 1. The molecule has 0 aliphatic carbocycles. The lowest BCUT2D eigenvalue weighted by atomic mass is 9.98. The van der Waals surface area contributed by atoms with Crippen LogP contribution >= 0.6 is 11.8 Å². The molecule has 0 radical (unpaired) electrons. The van der Waals surface area contributed by atoms with Gasteiger partial charge in [-0.3, -0.25) is 9.59 Å². The minimum atomic E-state index is -0.658. The first-order valence-electron chi connectivity index (χ1n) is 9.35. The minimum absolute atomic E-state index is 0.181. The summed E-state index contributed by atoms with van der Waals surface area (Å²) in [6, 6.07) is 1.65. The van der Waals surface area contributed by atoms with Gasteiger partial charge in [0, 0.05) is 25.8 Å². The Labute approximate surface area is 174 Å². The number of aldehydes is 1. The van der Waals surface area contributed by atoms with Crippen LogP contribution in [-0.2, 0) is 9.53 Å². The van der Waals surface area contributed by atoms with Gasteiger partial charge in [0.05, 0.1) is 10.6 Å². The number of carbonyl (C=O) groups is 3. The number of anilines is 1. The molecule has 1 atom stereocenters. The molecule has 1 aliphatic rings. The molecule has 1 aromatic rings. The van der Waals surface area contributed by atoms with Crippen LogP contribution in [0.15, 0.2) is 17.2 Å². The predicted octanol–water partition coefficient (Wildman–Crippen LogP) is 2.57. The molecule has 1 aliphatic heterocycles. The van der Waals surface area contributed by atoms with Gasteiger partial charge in [0.1, 0.15) is 5.60 Å². The minimum Gasteiger partial charge on any atom is -0.444 e. The highest BCUT2D eigenvalue weighted by molar-refractivity contribution is 8.17. The number of thioether (sulfide) groups is 1. The van der Waals surface area contributed by atoms with Crippen molar-refractivity contribution in [3.05, 3.63) is 22.9 Å². The third-order valence-corrected chi connectivity index (χ3v) is 4.68. The second kappa shape index (κ2) is 10.2. The highest BCUT2D eigenvalue weighted by Gasteiger charge is 2.23. The summed E-state index contributed by atoms with van der Waals surface area (Å²) in [6.45, 7) is 7.48. The first kappa shape index (κ1) is 22.7. The van der Waals surface area contributed by atoms with Crippen molar-refractivity contribution in [2.45, 2.75) is 39.2 Å². The molecule has 0 saturated carbocycles. The summed E-state index contributed by atoms with van der Waals surface area (Å²) in [7, 11) is 0. The number of nitrogens with zero attached hydrogens (tertiary/aromatic N) is 3. The number of aromatic nitrogens is 2. The number of piperidine rings is 1. The summed E-state index contributed by atoms with van der Waals surface area (Å²) in [4.78, 5) is 45.0. The molecule has 2 rings (SSSR count). The highest BCUT2D eigenvalue weighted by atomic mass is 32.2. The quantitative estimate of drug-likeness (QED) is 0.530. The molecule has 29 heavy (non-hydrogen) atoms. The van der Waals surface area contributed by atoms with E-state index in [0.717, 1.165) is 19.4 Å². The molecular weight excluding hydrogens is 394 g/mol. The predicted molar refractivity (Wildman–Crippen MR) is 112 cm³/mol. The number of nitrogens with one attached hydrogen (secondary N) is 1. The molecule has 1 unspecified atom stereocenters. The molecule has 3 N–H and O–H groups in total. The topological polar surface area (TPSA) is 128 Å². The number of ether oxygens (including phenoxy) is 1. The van der Waals surface area contributed by atoms with Gasteiger partial charge < -0.3 is 20.7 Å². The van der Waals surface area contributed by atoms with Gasteiger partial charge in [0.2, 0.25) is 5.95 Å². The number of nitrogens with two attached hydrogens (primary N) is 1. The van der Waals surface area contributed by atoms with Crippen molar-refractivity contribution in [1.29, 1.82) is 0 Å². The molecule has 1 aromatic heterocycles. The number of amides is 2. The van der Waals surface area contributed by atoms with Crippen molar-refractivity contribution in [2.75, 3.05) is 24.5 Å². The van der Waals surface area contributed by atoms with E-state index in [1.807, 2.05) is 25.7 Å². The van der Waals surface area contributed by atoms with E-state index in [1.165, 1.54) is 6.08 Å². The maximum Gasteiger partial charge on any atom is 0.407 e. The summed E-state index contributed by atoms with van der Waals surface area (Å²) < 4.78 is 5.27. The number of primary amides is 1. The molecule has 9 nitrogen and oxygen atoms in total. The Morgan fingerprint density at radius 2 is 2.21 bits per heavy atom. The highest BCUT2D eigenvalue weighted by Crippen LogP contribution is 2.22. The Hall–Kier alpha value is -2.62. The monoisotopic (exact) mass is 421 g/mol. The summed E-state index contributed by atoms with van der Waals surface area (Å²) in [6.07, 6.45) is 5.17. The maximum absolute atomic E-state index is 11.9. The van der Waals surface area contributed by atoms with E-state index >= 15 is 0 Å². The number of hydrogen-bond acceptors (Lipinski definition) is 8. The van der Waals surface area contributed by atoms with E-state index in [4.69, 9.17) is 10.5 Å². The van der Waals surface area contributed by atoms with Crippen LogP contribution in [-0.4, -0.2) is 52.8 Å². The maximum atomic E-state index is 11.9. The zero-order valence-electron chi connectivity index (χ0n) is 16.9. The van der Waals surface area contributed by atoms with Gasteiger partial charge in [-0.2, -0.15) is 0 Å². The number of rotatable bonds is 6. The van der Waals surface area contributed by atoms with Gasteiger partial charge >= 0.3 is 6.09 Å². The van der Waals surface area contributed by atoms with Gasteiger partial charge in [0.15, 0.2) is 6.29 Å². The average molecular weight is 422 g/mol. The Morgan fingerprint density at radius 1 is 1.45 bits per heavy atom. The molecule has 2 heterocycles. The molecule has 2 amide bonds. The molecule has 1 saturated heterocycles. The van der Waals surface area contributed by atoms with Crippen LogP contribution in [0.2, 0.25) is 0 Å². The molecule has 0 bridgehead atoms. The Balaban J connectivity index is 2.00. The van der Waals surface area contributed by atoms with Crippen molar-refractivity contribution in [3.63, 3.8) is 0 Å². The fourth-order valence-electron chi connectivity index (χ4n) is 2.90. The summed E-state index contributed by atoms with van der Waals surface area (Å²) in [5.41, 5.74) is 5.10. The third kappa shape index (κ3) is 8.10. The lowest BCUT2D eigenvalue weighted by molar-refractivity contribution is -0.104. The standard InChI is InChI=1S/C19H27N5O4S/c1-19(2,3)28-18(27)22-10-13-5-4-8-24(11-13)17-21-7-6-14(23-17)9-15(12-25)29-16(20)26/h6-7,9,12-13H,4-5,8,10-11H2,1-3H3,(H2,20,26)(H,22,27). The van der Waals surface area contributed by atoms with Crippen LogP contribution < -0.4 is 16.0 Å².